The third-order valence-corrected chi connectivity index (χ3v) is 10.7. The zero-order valence-corrected chi connectivity index (χ0v) is 27.8. The van der Waals surface area contributed by atoms with Crippen molar-refractivity contribution < 1.29 is 22.7 Å². The number of sulfonamides is 1. The van der Waals surface area contributed by atoms with Gasteiger partial charge in [-0.2, -0.15) is 0 Å². The Morgan fingerprint density at radius 1 is 1.00 bits per heavy atom. The van der Waals surface area contributed by atoms with Gasteiger partial charge in [0.1, 0.15) is 18.3 Å². The van der Waals surface area contributed by atoms with Gasteiger partial charge < -0.3 is 15.0 Å². The Labute approximate surface area is 270 Å². The number of carbonyl (C=O) groups excluding carboxylic acids is 2. The second-order valence-electron chi connectivity index (χ2n) is 10.7. The van der Waals surface area contributed by atoms with Crippen molar-refractivity contribution in [1.82, 2.24) is 10.2 Å². The minimum atomic E-state index is -4.17. The molecule has 1 atom stereocenters. The van der Waals surface area contributed by atoms with Crippen LogP contribution in [0.2, 0.25) is 5.02 Å². The van der Waals surface area contributed by atoms with Crippen LogP contribution in [0.25, 0.3) is 0 Å². The highest BCUT2D eigenvalue weighted by Gasteiger charge is 2.33. The summed E-state index contributed by atoms with van der Waals surface area (Å²) in [5.74, 6) is -0.229. The molecule has 0 saturated heterocycles. The number of hydrogen-bond acceptors (Lipinski definition) is 6. The van der Waals surface area contributed by atoms with Gasteiger partial charge in [0, 0.05) is 22.5 Å². The highest BCUT2D eigenvalue weighted by Crippen LogP contribution is 2.28. The second-order valence-corrected chi connectivity index (χ2v) is 13.9. The van der Waals surface area contributed by atoms with Gasteiger partial charge in [-0.05, 0) is 93.1 Å². The minimum absolute atomic E-state index is 0.0390. The van der Waals surface area contributed by atoms with E-state index in [-0.39, 0.29) is 23.4 Å². The molecule has 0 radical (unpaired) electrons. The first kappa shape index (κ1) is 33.7. The molecule has 1 fully saturated rings. The summed E-state index contributed by atoms with van der Waals surface area (Å²) in [6.07, 6.45) is 6.96. The van der Waals surface area contributed by atoms with Crippen molar-refractivity contribution in [1.29, 1.82) is 0 Å². The zero-order valence-electron chi connectivity index (χ0n) is 25.4. The van der Waals surface area contributed by atoms with Gasteiger partial charge in [-0.3, -0.25) is 13.9 Å². The SMILES string of the molecule is CCOc1ccc(N(CC(=O)N(Cc2ccccc2Cl)[C@@H](C)C(=O)NC2CCCCC2)S(=O)(=O)c2ccc(SC)cc2)cc1. The molecule has 2 amide bonds. The van der Waals surface area contributed by atoms with Gasteiger partial charge in [0.05, 0.1) is 17.2 Å². The molecule has 0 spiro atoms. The molecule has 8 nitrogen and oxygen atoms in total. The second kappa shape index (κ2) is 15.7. The van der Waals surface area contributed by atoms with Gasteiger partial charge in [-0.1, -0.05) is 49.1 Å². The van der Waals surface area contributed by atoms with E-state index in [0.29, 0.717) is 28.6 Å². The van der Waals surface area contributed by atoms with E-state index in [1.807, 2.05) is 19.2 Å². The fraction of sp³-hybridized carbons (Fsp3) is 0.394. The molecule has 0 aromatic heterocycles. The van der Waals surface area contributed by atoms with E-state index in [2.05, 4.69) is 5.32 Å². The van der Waals surface area contributed by atoms with E-state index in [9.17, 15) is 18.0 Å². The molecule has 44 heavy (non-hydrogen) atoms. The smallest absolute Gasteiger partial charge is 0.264 e. The lowest BCUT2D eigenvalue weighted by atomic mass is 9.95. The summed E-state index contributed by atoms with van der Waals surface area (Å²) in [4.78, 5) is 30.1. The maximum Gasteiger partial charge on any atom is 0.264 e. The fourth-order valence-electron chi connectivity index (χ4n) is 5.24. The molecule has 11 heteroatoms. The molecule has 3 aromatic carbocycles. The molecule has 0 heterocycles. The zero-order chi connectivity index (χ0) is 31.7. The number of nitrogens with zero attached hydrogens (tertiary/aromatic N) is 2. The summed E-state index contributed by atoms with van der Waals surface area (Å²) in [6, 6.07) is 19.4. The van der Waals surface area contributed by atoms with E-state index in [4.69, 9.17) is 16.3 Å². The summed E-state index contributed by atoms with van der Waals surface area (Å²) < 4.78 is 34.8. The number of halogens is 1. The van der Waals surface area contributed by atoms with Crippen molar-refractivity contribution in [2.75, 3.05) is 23.7 Å². The Morgan fingerprint density at radius 2 is 1.66 bits per heavy atom. The third kappa shape index (κ3) is 8.49. The number of nitrogens with one attached hydrogen (secondary N) is 1. The van der Waals surface area contributed by atoms with E-state index in [1.54, 1.807) is 61.5 Å². The van der Waals surface area contributed by atoms with Crippen LogP contribution in [0.15, 0.2) is 82.6 Å². The maximum atomic E-state index is 14.2. The lowest BCUT2D eigenvalue weighted by Crippen LogP contribution is -2.53. The molecule has 4 rings (SSSR count). The van der Waals surface area contributed by atoms with Gasteiger partial charge in [-0.15, -0.1) is 11.8 Å². The third-order valence-electron chi connectivity index (χ3n) is 7.78. The Kier molecular flexibility index (Phi) is 12.0. The number of benzene rings is 3. The highest BCUT2D eigenvalue weighted by molar-refractivity contribution is 7.98. The number of rotatable bonds is 13. The number of thioether (sulfide) groups is 1. The first-order valence-corrected chi connectivity index (χ1v) is 17.9. The Balaban J connectivity index is 1.69. The van der Waals surface area contributed by atoms with Crippen LogP contribution >= 0.6 is 23.4 Å². The van der Waals surface area contributed by atoms with Crippen molar-refractivity contribution in [3.8, 4) is 5.75 Å². The van der Waals surface area contributed by atoms with Gasteiger partial charge in [0.2, 0.25) is 11.8 Å². The normalized spacial score (nSPS) is 14.5. The number of hydrogen-bond donors (Lipinski definition) is 1. The molecular formula is C33H40ClN3O5S2. The molecule has 236 valence electrons. The average molecular weight is 658 g/mol. The molecule has 1 aliphatic rings. The Bertz CT molecular complexity index is 1510. The van der Waals surface area contributed by atoms with Crippen LogP contribution in [0.3, 0.4) is 0 Å². The van der Waals surface area contributed by atoms with Crippen molar-refractivity contribution in [3.05, 3.63) is 83.4 Å². The average Bonchev–Trinajstić information content (AvgIpc) is 3.04. The topological polar surface area (TPSA) is 96.0 Å². The summed E-state index contributed by atoms with van der Waals surface area (Å²) in [6.45, 7) is 3.51. The van der Waals surface area contributed by atoms with Gasteiger partial charge >= 0.3 is 0 Å². The van der Waals surface area contributed by atoms with Crippen LogP contribution in [0.4, 0.5) is 5.69 Å². The summed E-state index contributed by atoms with van der Waals surface area (Å²) in [7, 11) is -4.17. The number of carbonyl (C=O) groups is 2. The van der Waals surface area contributed by atoms with E-state index in [0.717, 1.165) is 41.3 Å². The molecule has 1 saturated carbocycles. The van der Waals surface area contributed by atoms with Crippen molar-refractivity contribution in [2.24, 2.45) is 0 Å². The molecule has 1 N–H and O–H groups in total. The number of amides is 2. The van der Waals surface area contributed by atoms with Crippen LogP contribution in [-0.4, -0.2) is 56.6 Å². The molecular weight excluding hydrogens is 618 g/mol. The quantitative estimate of drug-likeness (QED) is 0.210. The largest absolute Gasteiger partial charge is 0.494 e. The minimum Gasteiger partial charge on any atom is -0.494 e. The van der Waals surface area contributed by atoms with Crippen LogP contribution in [0, 0.1) is 0 Å². The molecule has 3 aromatic rings. The Hall–Kier alpha value is -3.21. The number of anilines is 1. The van der Waals surface area contributed by atoms with Crippen molar-refractivity contribution >= 4 is 50.9 Å². The van der Waals surface area contributed by atoms with Crippen LogP contribution in [0.5, 0.6) is 5.75 Å². The van der Waals surface area contributed by atoms with E-state index < -0.39 is 28.5 Å². The maximum absolute atomic E-state index is 14.2. The Morgan fingerprint density at radius 3 is 2.27 bits per heavy atom. The van der Waals surface area contributed by atoms with E-state index >= 15 is 0 Å². The lowest BCUT2D eigenvalue weighted by molar-refractivity contribution is -0.139. The highest BCUT2D eigenvalue weighted by atomic mass is 35.5. The monoisotopic (exact) mass is 657 g/mol. The molecule has 0 unspecified atom stereocenters. The number of ether oxygens (including phenoxy) is 1. The molecule has 0 aliphatic heterocycles. The lowest BCUT2D eigenvalue weighted by Gasteiger charge is -2.33. The fourth-order valence-corrected chi connectivity index (χ4v) is 7.26. The van der Waals surface area contributed by atoms with Gasteiger partial charge in [0.15, 0.2) is 0 Å². The van der Waals surface area contributed by atoms with Crippen LogP contribution in [-0.2, 0) is 26.2 Å². The summed E-state index contributed by atoms with van der Waals surface area (Å²) >= 11 is 7.98. The standard InChI is InChI=1S/C33H40ClN3O5S2/c1-4-42-28-16-14-27(15-17-28)37(44(40,41)30-20-18-29(43-3)19-21-30)23-32(38)36(22-25-10-8-9-13-31(25)34)24(2)33(39)35-26-11-6-5-7-12-26/h8-10,13-21,24,26H,4-7,11-12,22-23H2,1-3H3,(H,35,39)/t24-/m0/s1. The van der Waals surface area contributed by atoms with Gasteiger partial charge in [-0.25, -0.2) is 8.42 Å². The first-order chi connectivity index (χ1) is 21.1. The molecule has 1 aliphatic carbocycles. The predicted molar refractivity (Wildman–Crippen MR) is 177 cm³/mol. The van der Waals surface area contributed by atoms with Crippen molar-refractivity contribution in [2.45, 2.75) is 74.4 Å². The summed E-state index contributed by atoms with van der Waals surface area (Å²) in [5.41, 5.74) is 0.954. The van der Waals surface area contributed by atoms with Crippen LogP contribution < -0.4 is 14.4 Å². The predicted octanol–water partition coefficient (Wildman–Crippen LogP) is 6.52. The van der Waals surface area contributed by atoms with E-state index in [1.165, 1.54) is 28.8 Å². The summed E-state index contributed by atoms with van der Waals surface area (Å²) in [5, 5.41) is 3.56. The van der Waals surface area contributed by atoms with Crippen LogP contribution in [0.1, 0.15) is 51.5 Å². The first-order valence-electron chi connectivity index (χ1n) is 14.9. The van der Waals surface area contributed by atoms with Gasteiger partial charge in [0.25, 0.3) is 10.0 Å². The molecule has 0 bridgehead atoms. The van der Waals surface area contributed by atoms with Crippen molar-refractivity contribution in [3.63, 3.8) is 0 Å².